The summed E-state index contributed by atoms with van der Waals surface area (Å²) in [6.45, 7) is 7.02. The second-order valence-electron chi connectivity index (χ2n) is 20.2. The number of carboxylic acid groups (broad SMARTS) is 1. The number of thiazole rings is 2. The Morgan fingerprint density at radius 2 is 1.01 bits per heavy atom. The van der Waals surface area contributed by atoms with Crippen molar-refractivity contribution < 1.29 is 63.3 Å². The summed E-state index contributed by atoms with van der Waals surface area (Å²) in [7, 11) is 0. The van der Waals surface area contributed by atoms with Crippen molar-refractivity contribution in [2.24, 2.45) is 0 Å². The molecule has 2 aromatic carbocycles. The van der Waals surface area contributed by atoms with Crippen molar-refractivity contribution in [1.29, 1.82) is 0 Å². The highest BCUT2D eigenvalue weighted by molar-refractivity contribution is 7.16. The number of carboxylic acids is 1. The van der Waals surface area contributed by atoms with Gasteiger partial charge in [-0.2, -0.15) is 35.1 Å². The van der Waals surface area contributed by atoms with Crippen LogP contribution in [-0.4, -0.2) is 121 Å². The zero-order chi connectivity index (χ0) is 56.6. The van der Waals surface area contributed by atoms with Gasteiger partial charge < -0.3 is 35.0 Å². The van der Waals surface area contributed by atoms with E-state index in [2.05, 4.69) is 50.3 Å². The minimum atomic E-state index is -4.81. The Morgan fingerprint density at radius 1 is 0.613 bits per heavy atom. The number of benzene rings is 2. The van der Waals surface area contributed by atoms with Gasteiger partial charge in [0.15, 0.2) is 33.5 Å². The van der Waals surface area contributed by atoms with Crippen molar-refractivity contribution in [3.8, 4) is 22.5 Å². The monoisotopic (exact) mass is 1160 g/mol. The highest BCUT2D eigenvalue weighted by Crippen LogP contribution is 2.42. The van der Waals surface area contributed by atoms with Gasteiger partial charge in [0.2, 0.25) is 11.6 Å². The first-order valence-corrected chi connectivity index (χ1v) is 27.6. The van der Waals surface area contributed by atoms with Crippen LogP contribution in [0.3, 0.4) is 0 Å². The molecular formula is C52H54F10N12O4S2. The zero-order valence-electron chi connectivity index (χ0n) is 43.1. The number of piperidine rings is 2. The van der Waals surface area contributed by atoms with E-state index in [1.165, 1.54) is 0 Å². The largest absolute Gasteiger partial charge is 0.477 e. The number of halogens is 10. The molecule has 0 bridgehead atoms. The maximum absolute atomic E-state index is 16.3. The molecule has 10 rings (SSSR count). The third-order valence-corrected chi connectivity index (χ3v) is 16.7. The molecule has 4 saturated heterocycles. The lowest BCUT2D eigenvalue weighted by Gasteiger charge is -2.36. The Bertz CT molecular complexity index is 2990. The number of likely N-dealkylation sites (tertiary alicyclic amines) is 2. The molecule has 428 valence electrons. The fourth-order valence-electron chi connectivity index (χ4n) is 10.5. The van der Waals surface area contributed by atoms with Crippen LogP contribution in [-0.2, 0) is 39.7 Å². The van der Waals surface area contributed by atoms with Gasteiger partial charge in [-0.05, 0) is 115 Å². The SMILES string of the molecule is C[C@@H]1CCCN1Cc1sc(Nc2ncnc(N3CCC(OC(OC4CCN(c5ncnc(Nc6nc(-c7cc(F)cc(C(F)(F)F)c7)c(CN7CCC[C@H]7C)s6)c5F)CC4)C(=O)O)CC3)c2F)nc1-c1cc(F)cc(C(F)(F)F)c1. The summed E-state index contributed by atoms with van der Waals surface area (Å²) in [6, 6.07) is 4.85. The van der Waals surface area contributed by atoms with E-state index in [0.29, 0.717) is 35.0 Å². The Hall–Kier alpha value is -6.33. The highest BCUT2D eigenvalue weighted by atomic mass is 32.1. The first-order chi connectivity index (χ1) is 38.1. The second-order valence-corrected chi connectivity index (χ2v) is 22.4. The molecule has 2 atom stereocenters. The first kappa shape index (κ1) is 56.9. The number of hydrogen-bond acceptors (Lipinski definition) is 17. The van der Waals surface area contributed by atoms with Gasteiger partial charge in [0, 0.05) is 72.2 Å². The van der Waals surface area contributed by atoms with Gasteiger partial charge in [0.25, 0.3) is 6.29 Å². The normalized spacial score (nSPS) is 19.2. The number of alkyl halides is 6. The molecule has 3 N–H and O–H groups in total. The molecule has 0 aliphatic carbocycles. The van der Waals surface area contributed by atoms with Crippen LogP contribution in [0.5, 0.6) is 0 Å². The molecule has 80 heavy (non-hydrogen) atoms. The zero-order valence-corrected chi connectivity index (χ0v) is 44.7. The summed E-state index contributed by atoms with van der Waals surface area (Å²) >= 11 is 2.18. The van der Waals surface area contributed by atoms with Crippen LogP contribution in [0.25, 0.3) is 22.5 Å². The van der Waals surface area contributed by atoms with Crippen LogP contribution in [0.15, 0.2) is 49.1 Å². The summed E-state index contributed by atoms with van der Waals surface area (Å²) in [5.74, 6) is -5.84. The van der Waals surface area contributed by atoms with E-state index in [1.54, 1.807) is 9.80 Å². The second kappa shape index (κ2) is 23.6. The number of rotatable bonds is 17. The third-order valence-electron chi connectivity index (χ3n) is 14.8. The van der Waals surface area contributed by atoms with Gasteiger partial charge >= 0.3 is 18.3 Å². The van der Waals surface area contributed by atoms with Crippen molar-refractivity contribution >= 4 is 62.2 Å². The van der Waals surface area contributed by atoms with Crippen LogP contribution < -0.4 is 20.4 Å². The Labute approximate surface area is 460 Å². The van der Waals surface area contributed by atoms with Gasteiger partial charge in [0.1, 0.15) is 24.3 Å². The summed E-state index contributed by atoms with van der Waals surface area (Å²) < 4.78 is 156. The molecule has 0 saturated carbocycles. The Kier molecular flexibility index (Phi) is 16.8. The van der Waals surface area contributed by atoms with Crippen LogP contribution in [0.4, 0.5) is 77.4 Å². The molecule has 0 unspecified atom stereocenters. The first-order valence-electron chi connectivity index (χ1n) is 26.0. The lowest BCUT2D eigenvalue weighted by Crippen LogP contribution is -2.44. The number of nitrogens with zero attached hydrogens (tertiary/aromatic N) is 10. The molecule has 8 heterocycles. The smallest absolute Gasteiger partial charge is 0.416 e. The minimum Gasteiger partial charge on any atom is -0.477 e. The number of carbonyl (C=O) groups is 1. The van der Waals surface area contributed by atoms with Crippen molar-refractivity contribution in [3.63, 3.8) is 0 Å². The molecule has 0 spiro atoms. The quantitative estimate of drug-likeness (QED) is 0.0582. The fourth-order valence-corrected chi connectivity index (χ4v) is 12.5. The standard InChI is InChI=1S/C52H54F10N12O4S2/c1-27-5-3-11-73(27)23-37-41(29-17-31(51(57,58)59)21-33(53)19-29)67-49(79-37)69-43-39(55)45(65-25-63-43)71-13-7-35(8-14-71)77-48(47(75)76)78-36-9-15-72(16-10-36)46-40(56)44(64-26-66-46)70-50-68-42(38(80-50)24-74-12-4-6-28(74)2)30-18-32(52(60,61)62)22-34(54)20-30/h17-22,25-28,35-36,48H,3-16,23-24H2,1-2H3,(H,75,76)(H,63,65,67,69)(H,64,66,68,70)/t27-,28-/m1/s1. The van der Waals surface area contributed by atoms with E-state index in [0.717, 1.165) is 98.4 Å². The predicted octanol–water partition coefficient (Wildman–Crippen LogP) is 11.6. The fraction of sp³-hybridized carbons (Fsp3) is 0.481. The topological polar surface area (TPSA) is 170 Å². The van der Waals surface area contributed by atoms with Gasteiger partial charge in [-0.1, -0.05) is 22.7 Å². The average Bonchev–Trinajstić information content (AvgIpc) is 4.24. The molecule has 0 radical (unpaired) electrons. The Balaban J connectivity index is 0.752. The summed E-state index contributed by atoms with van der Waals surface area (Å²) in [6.07, 6.45) is -5.46. The van der Waals surface area contributed by atoms with Crippen molar-refractivity contribution in [2.45, 2.75) is 121 Å². The van der Waals surface area contributed by atoms with Crippen LogP contribution in [0.2, 0.25) is 0 Å². The van der Waals surface area contributed by atoms with Crippen LogP contribution in [0.1, 0.15) is 86.1 Å². The van der Waals surface area contributed by atoms with Crippen molar-refractivity contribution in [1.82, 2.24) is 39.7 Å². The van der Waals surface area contributed by atoms with Crippen molar-refractivity contribution in [2.75, 3.05) is 59.7 Å². The Morgan fingerprint density at radius 3 is 1.36 bits per heavy atom. The van der Waals surface area contributed by atoms with Crippen molar-refractivity contribution in [3.05, 3.63) is 93.2 Å². The summed E-state index contributed by atoms with van der Waals surface area (Å²) in [4.78, 5) is 46.7. The molecule has 6 aromatic rings. The summed E-state index contributed by atoms with van der Waals surface area (Å²) in [5.41, 5.74) is -2.24. The van der Waals surface area contributed by atoms with Crippen LogP contribution >= 0.6 is 22.7 Å². The molecule has 16 nitrogen and oxygen atoms in total. The summed E-state index contributed by atoms with van der Waals surface area (Å²) in [5, 5.41) is 16.1. The molecule has 4 fully saturated rings. The van der Waals surface area contributed by atoms with E-state index >= 15 is 8.78 Å². The van der Waals surface area contributed by atoms with E-state index in [4.69, 9.17) is 9.47 Å². The minimum absolute atomic E-state index is 0.0643. The maximum Gasteiger partial charge on any atom is 0.416 e. The molecule has 4 aliphatic rings. The lowest BCUT2D eigenvalue weighted by molar-refractivity contribution is -0.217. The molecular weight excluding hydrogens is 1110 g/mol. The number of nitrogens with one attached hydrogen (secondary N) is 2. The molecule has 4 aliphatic heterocycles. The van der Waals surface area contributed by atoms with Crippen LogP contribution in [0, 0.1) is 23.3 Å². The number of hydrogen-bond donors (Lipinski definition) is 3. The third kappa shape index (κ3) is 13.0. The maximum atomic E-state index is 16.3. The van der Waals surface area contributed by atoms with E-state index in [-0.39, 0.29) is 120 Å². The lowest BCUT2D eigenvalue weighted by atomic mass is 10.1. The van der Waals surface area contributed by atoms with Gasteiger partial charge in [-0.3, -0.25) is 9.80 Å². The van der Waals surface area contributed by atoms with E-state index in [9.17, 15) is 45.0 Å². The number of aliphatic carboxylic acids is 1. The number of anilines is 6. The molecule has 0 amide bonds. The molecule has 4 aromatic heterocycles. The molecule has 28 heteroatoms. The number of aromatic nitrogens is 6. The van der Waals surface area contributed by atoms with E-state index < -0.39 is 71.2 Å². The predicted molar refractivity (Wildman–Crippen MR) is 278 cm³/mol. The highest BCUT2D eigenvalue weighted by Gasteiger charge is 2.37. The van der Waals surface area contributed by atoms with Gasteiger partial charge in [-0.25, -0.2) is 43.5 Å². The van der Waals surface area contributed by atoms with E-state index in [1.807, 2.05) is 13.8 Å². The average molecular weight is 1170 g/mol. The van der Waals surface area contributed by atoms with Gasteiger partial charge in [0.05, 0.1) is 34.7 Å². The van der Waals surface area contributed by atoms with Gasteiger partial charge in [-0.15, -0.1) is 0 Å². The number of ether oxygens (including phenoxy) is 2.